The number of rotatable bonds is 3. The van der Waals surface area contributed by atoms with Crippen molar-refractivity contribution >= 4 is 11.8 Å². The second-order valence-corrected chi connectivity index (χ2v) is 7.51. The summed E-state index contributed by atoms with van der Waals surface area (Å²) < 4.78 is 10.7. The van der Waals surface area contributed by atoms with E-state index in [1.807, 2.05) is 4.90 Å². The summed E-state index contributed by atoms with van der Waals surface area (Å²) in [7, 11) is 1.68. The molecule has 0 spiro atoms. The Hall–Kier alpha value is -2.28. The maximum atomic E-state index is 13.0. The zero-order valence-corrected chi connectivity index (χ0v) is 15.4. The molecule has 0 saturated carbocycles. The van der Waals surface area contributed by atoms with Gasteiger partial charge in [0.25, 0.3) is 5.91 Å². The summed E-state index contributed by atoms with van der Waals surface area (Å²) in [6, 6.07) is 5.72. The van der Waals surface area contributed by atoms with Gasteiger partial charge in [0.1, 0.15) is 0 Å². The van der Waals surface area contributed by atoms with Gasteiger partial charge in [-0.15, -0.1) is 0 Å². The summed E-state index contributed by atoms with van der Waals surface area (Å²) in [5.74, 6) is 1.72. The summed E-state index contributed by atoms with van der Waals surface area (Å²) in [5, 5.41) is 2.78. The molecule has 7 nitrogen and oxygen atoms in total. The largest absolute Gasteiger partial charge is 0.454 e. The molecule has 7 heteroatoms. The van der Waals surface area contributed by atoms with Crippen LogP contribution in [0.5, 0.6) is 11.5 Å². The predicted octanol–water partition coefficient (Wildman–Crippen LogP) is 1.08. The normalized spacial score (nSPS) is 27.1. The number of ether oxygens (including phenoxy) is 2. The lowest BCUT2D eigenvalue weighted by atomic mass is 10.0. The molecule has 140 valence electrons. The van der Waals surface area contributed by atoms with E-state index in [2.05, 4.69) is 24.1 Å². The average Bonchev–Trinajstić information content (AvgIpc) is 3.32. The predicted molar refractivity (Wildman–Crippen MR) is 95.2 cm³/mol. The molecule has 0 aromatic heterocycles. The summed E-state index contributed by atoms with van der Waals surface area (Å²) in [5.41, 5.74) is 0.619. The number of likely N-dealkylation sites (tertiary alicyclic amines) is 2. The number of hydrogen-bond donors (Lipinski definition) is 1. The molecule has 0 unspecified atom stereocenters. The average molecular weight is 359 g/mol. The molecule has 1 N–H and O–H groups in total. The first-order valence-electron chi connectivity index (χ1n) is 9.17. The Morgan fingerprint density at radius 2 is 1.96 bits per heavy atom. The maximum Gasteiger partial charge on any atom is 0.254 e. The lowest BCUT2D eigenvalue weighted by Crippen LogP contribution is -2.50. The van der Waals surface area contributed by atoms with Gasteiger partial charge >= 0.3 is 0 Å². The number of fused-ring (bicyclic) bond motifs is 2. The summed E-state index contributed by atoms with van der Waals surface area (Å²) >= 11 is 0. The third-order valence-corrected chi connectivity index (χ3v) is 5.73. The molecular formula is C19H25N3O4. The van der Waals surface area contributed by atoms with Crippen molar-refractivity contribution in [1.29, 1.82) is 0 Å². The van der Waals surface area contributed by atoms with Gasteiger partial charge in [0, 0.05) is 37.8 Å². The summed E-state index contributed by atoms with van der Waals surface area (Å²) in [4.78, 5) is 29.4. The highest BCUT2D eigenvalue weighted by atomic mass is 16.7. The molecule has 2 saturated heterocycles. The third-order valence-electron chi connectivity index (χ3n) is 5.73. The Morgan fingerprint density at radius 3 is 2.69 bits per heavy atom. The lowest BCUT2D eigenvalue weighted by molar-refractivity contribution is -0.126. The van der Waals surface area contributed by atoms with Gasteiger partial charge in [-0.1, -0.05) is 0 Å². The third kappa shape index (κ3) is 2.70. The van der Waals surface area contributed by atoms with Crippen molar-refractivity contribution in [2.75, 3.05) is 26.9 Å². The van der Waals surface area contributed by atoms with Gasteiger partial charge < -0.3 is 19.7 Å². The first-order valence-corrected chi connectivity index (χ1v) is 9.17. The number of carbonyl (C=O) groups excluding carboxylic acids is 2. The van der Waals surface area contributed by atoms with Crippen LogP contribution in [0.2, 0.25) is 0 Å². The molecule has 0 bridgehead atoms. The van der Waals surface area contributed by atoms with E-state index in [4.69, 9.17) is 9.47 Å². The molecule has 1 aromatic carbocycles. The monoisotopic (exact) mass is 359 g/mol. The van der Waals surface area contributed by atoms with Gasteiger partial charge in [0.15, 0.2) is 11.5 Å². The summed E-state index contributed by atoms with van der Waals surface area (Å²) in [6.45, 7) is 5.77. The number of nitrogens with one attached hydrogen (secondary N) is 1. The van der Waals surface area contributed by atoms with Gasteiger partial charge in [-0.2, -0.15) is 0 Å². The number of carbonyl (C=O) groups is 2. The summed E-state index contributed by atoms with van der Waals surface area (Å²) in [6.07, 6.45) is 0.799. The van der Waals surface area contributed by atoms with Crippen LogP contribution >= 0.6 is 0 Å². The van der Waals surface area contributed by atoms with Gasteiger partial charge in [-0.3, -0.25) is 14.5 Å². The smallest absolute Gasteiger partial charge is 0.254 e. The minimum absolute atomic E-state index is 0.0119. The quantitative estimate of drug-likeness (QED) is 0.875. The van der Waals surface area contributed by atoms with E-state index in [0.717, 1.165) is 6.42 Å². The Kier molecular flexibility index (Phi) is 4.26. The van der Waals surface area contributed by atoms with Gasteiger partial charge in [0.2, 0.25) is 12.7 Å². The zero-order valence-electron chi connectivity index (χ0n) is 15.4. The number of likely N-dealkylation sites (N-methyl/N-ethyl adjacent to an activating group) is 1. The molecule has 3 aliphatic heterocycles. The molecule has 4 rings (SSSR count). The van der Waals surface area contributed by atoms with E-state index in [1.54, 1.807) is 25.2 Å². The number of hydrogen-bond acceptors (Lipinski definition) is 5. The molecule has 3 heterocycles. The van der Waals surface area contributed by atoms with Crippen LogP contribution in [0, 0.1) is 5.92 Å². The van der Waals surface area contributed by atoms with Crippen molar-refractivity contribution in [2.45, 2.75) is 38.4 Å². The first kappa shape index (κ1) is 17.1. The molecule has 0 radical (unpaired) electrons. The lowest BCUT2D eigenvalue weighted by Gasteiger charge is -2.33. The van der Waals surface area contributed by atoms with Crippen LogP contribution < -0.4 is 14.8 Å². The van der Waals surface area contributed by atoms with Crippen LogP contribution in [-0.2, 0) is 4.79 Å². The first-order chi connectivity index (χ1) is 12.5. The SMILES string of the molecule is CNC(=O)[C@@H]1C[C@H]2CN(C(=O)c3ccc4c(c3)OCO4)C[C@H]2N1C(C)C. The molecule has 1 aromatic rings. The van der Waals surface area contributed by atoms with E-state index >= 15 is 0 Å². The highest BCUT2D eigenvalue weighted by Crippen LogP contribution is 2.38. The van der Waals surface area contributed by atoms with Crippen molar-refractivity contribution in [3.05, 3.63) is 23.8 Å². The fraction of sp³-hybridized carbons (Fsp3) is 0.579. The van der Waals surface area contributed by atoms with E-state index in [-0.39, 0.29) is 36.7 Å². The standard InChI is InChI=1S/C19H25N3O4/c1-11(2)22-14(18(23)20-3)6-13-8-21(9-15(13)22)19(24)12-4-5-16-17(7-12)26-10-25-16/h4-5,7,11,13-15H,6,8-10H2,1-3H3,(H,20,23)/t13-,14-,15+/m0/s1. The number of amides is 2. The Bertz CT molecular complexity index is 735. The van der Waals surface area contributed by atoms with Crippen LogP contribution in [0.1, 0.15) is 30.6 Å². The Morgan fingerprint density at radius 1 is 1.19 bits per heavy atom. The van der Waals surface area contributed by atoms with Crippen LogP contribution in [0.15, 0.2) is 18.2 Å². The number of nitrogens with zero attached hydrogens (tertiary/aromatic N) is 2. The van der Waals surface area contributed by atoms with Crippen LogP contribution in [0.4, 0.5) is 0 Å². The fourth-order valence-electron chi connectivity index (χ4n) is 4.59. The molecule has 2 amide bonds. The molecule has 3 aliphatic rings. The highest BCUT2D eigenvalue weighted by Gasteiger charge is 2.50. The van der Waals surface area contributed by atoms with Crippen molar-refractivity contribution in [3.8, 4) is 11.5 Å². The minimum Gasteiger partial charge on any atom is -0.454 e. The molecule has 3 atom stereocenters. The van der Waals surface area contributed by atoms with E-state index in [9.17, 15) is 9.59 Å². The second-order valence-electron chi connectivity index (χ2n) is 7.51. The van der Waals surface area contributed by atoms with Gasteiger partial charge in [-0.25, -0.2) is 0 Å². The second kappa shape index (κ2) is 6.46. The highest BCUT2D eigenvalue weighted by molar-refractivity contribution is 5.95. The van der Waals surface area contributed by atoms with Crippen molar-refractivity contribution in [2.24, 2.45) is 5.92 Å². The van der Waals surface area contributed by atoms with Crippen LogP contribution in [0.25, 0.3) is 0 Å². The van der Waals surface area contributed by atoms with Gasteiger partial charge in [0.05, 0.1) is 6.04 Å². The van der Waals surface area contributed by atoms with Crippen molar-refractivity contribution in [3.63, 3.8) is 0 Å². The van der Waals surface area contributed by atoms with E-state index in [0.29, 0.717) is 36.1 Å². The molecule has 0 aliphatic carbocycles. The van der Waals surface area contributed by atoms with Gasteiger partial charge in [-0.05, 0) is 44.4 Å². The Labute approximate surface area is 153 Å². The van der Waals surface area contributed by atoms with Crippen molar-refractivity contribution < 1.29 is 19.1 Å². The Balaban J connectivity index is 1.50. The maximum absolute atomic E-state index is 13.0. The van der Waals surface area contributed by atoms with Crippen LogP contribution in [0.3, 0.4) is 0 Å². The molecular weight excluding hydrogens is 334 g/mol. The minimum atomic E-state index is -0.0993. The molecule has 26 heavy (non-hydrogen) atoms. The van der Waals surface area contributed by atoms with Crippen molar-refractivity contribution in [1.82, 2.24) is 15.1 Å². The van der Waals surface area contributed by atoms with Crippen LogP contribution in [-0.4, -0.2) is 66.7 Å². The van der Waals surface area contributed by atoms with E-state index in [1.165, 1.54) is 0 Å². The zero-order chi connectivity index (χ0) is 18.4. The molecule has 2 fully saturated rings. The number of benzene rings is 1. The fourth-order valence-corrected chi connectivity index (χ4v) is 4.59. The van der Waals surface area contributed by atoms with E-state index < -0.39 is 0 Å². The topological polar surface area (TPSA) is 71.1 Å².